The second kappa shape index (κ2) is 23.2. The maximum absolute atomic E-state index is 15.3. The minimum absolute atomic E-state index is 0.224. The zero-order chi connectivity index (χ0) is 68.1. The lowest BCUT2D eigenvalue weighted by Gasteiger charge is -2.36. The fourth-order valence-corrected chi connectivity index (χ4v) is 10.9. The van der Waals surface area contributed by atoms with Gasteiger partial charge in [-0.3, -0.25) is 29.0 Å². The molecule has 2 unspecified atom stereocenters. The topological polar surface area (TPSA) is 164 Å². The molecular formula is C62H32F18N2O12. The number of fused-ring (bicyclic) bond motifs is 2. The number of benzene rings is 9. The Morgan fingerprint density at radius 3 is 0.723 bits per heavy atom. The number of halogens is 18. The molecule has 0 N–H and O–H groups in total. The number of carbonyl (C=O) groups excluding carboxylic acids is 6. The predicted octanol–water partition coefficient (Wildman–Crippen LogP) is 16.8. The molecule has 11 rings (SSSR count). The summed E-state index contributed by atoms with van der Waals surface area (Å²) in [5.41, 5.74) is -4.05. The molecule has 0 spiro atoms. The number of nitrogens with zero attached hydrogens (tertiary/aromatic N) is 2. The smallest absolute Gasteiger partial charge is 0.434 e. The van der Waals surface area contributed by atoms with Crippen molar-refractivity contribution in [2.24, 2.45) is 0 Å². The summed E-state index contributed by atoms with van der Waals surface area (Å²) in [7, 11) is 0. The Balaban J connectivity index is 1.31. The summed E-state index contributed by atoms with van der Waals surface area (Å²) in [6.07, 6.45) is -53.8. The van der Waals surface area contributed by atoms with Crippen LogP contribution in [0, 0.1) is 0 Å². The van der Waals surface area contributed by atoms with E-state index >= 15 is 19.2 Å². The number of carbonyl (C=O) groups is 6. The molecule has 2 aliphatic heterocycles. The minimum Gasteiger partial charge on any atom is -0.457 e. The summed E-state index contributed by atoms with van der Waals surface area (Å²) in [6.45, 7) is 0. The van der Waals surface area contributed by atoms with Crippen LogP contribution in [0.25, 0.3) is 43.1 Å². The first kappa shape index (κ1) is 65.0. The number of ether oxygens (including phenoxy) is 6. The SMILES string of the molecule is O=C(OC(C(F)(F)F)C(F)(F)F)C(CC(F)(F)F)N1C(=O)c2cc(Oc3ccccc3)c3c4c(Oc5ccccc5)cc5c6c(cc(Oc7ccccc7)c(c7c(Oc8ccccc8)cc(c2c37)C1=O)c64)C(=O)N(C(CC(F)(F)F)C(=O)OC(C(F)(F)F)C(F)(F)F)C5=O. The second-order valence-corrected chi connectivity index (χ2v) is 20.8. The molecule has 4 amide bonds. The first-order valence-corrected chi connectivity index (χ1v) is 26.8. The van der Waals surface area contributed by atoms with Gasteiger partial charge in [-0.05, 0) is 72.8 Å². The van der Waals surface area contributed by atoms with Crippen LogP contribution in [0.1, 0.15) is 54.3 Å². The molecule has 2 atom stereocenters. The lowest BCUT2D eigenvalue weighted by atomic mass is 9.80. The van der Waals surface area contributed by atoms with Crippen LogP contribution in [-0.4, -0.2) is 107 Å². The molecule has 9 aromatic carbocycles. The van der Waals surface area contributed by atoms with Crippen molar-refractivity contribution in [3.05, 3.63) is 168 Å². The van der Waals surface area contributed by atoms with Gasteiger partial charge in [0.1, 0.15) is 58.1 Å². The van der Waals surface area contributed by atoms with Gasteiger partial charge in [-0.1, -0.05) is 72.8 Å². The summed E-state index contributed by atoms with van der Waals surface area (Å²) >= 11 is 0. The average molecular weight is 1340 g/mol. The molecule has 0 bridgehead atoms. The van der Waals surface area contributed by atoms with Crippen molar-refractivity contribution in [1.29, 1.82) is 0 Å². The van der Waals surface area contributed by atoms with E-state index in [-0.39, 0.29) is 23.0 Å². The standard InChI is InChI=1S/C62H32F18N2O12/c63-57(64,65)25-35(53(87)93-55(59(69,70)71)60(72,73)74)81-49(83)31-21-37(89-27-13-5-1-6-14-27)43-44-38(90-28-15-7-2-8-16-28)22-33-42-34(52(86)82(51(33)85)36(26-58(66,67)68)54(88)94-56(61(75,76)77)62(78,79)80)24-40(92-30-19-11-4-12-20-30)46(48(42)44)45-39(91-29-17-9-3-10-18-29)23-32(50(81)84)41(31)47(43)45/h1-24,35-36,55-56H,25-26H2. The van der Waals surface area contributed by atoms with Crippen molar-refractivity contribution >= 4 is 78.7 Å². The van der Waals surface area contributed by atoms with Crippen molar-refractivity contribution in [1.82, 2.24) is 9.80 Å². The summed E-state index contributed by atoms with van der Waals surface area (Å²) in [5, 5.41) is -4.34. The molecule has 0 saturated heterocycles. The molecule has 2 aliphatic rings. The number of alkyl halides is 18. The van der Waals surface area contributed by atoms with E-state index in [4.69, 9.17) is 18.9 Å². The van der Waals surface area contributed by atoms with Crippen LogP contribution in [0.15, 0.2) is 146 Å². The molecule has 488 valence electrons. The Hall–Kier alpha value is -10.6. The Labute approximate surface area is 511 Å². The second-order valence-electron chi connectivity index (χ2n) is 20.8. The number of rotatable bonds is 16. The Kier molecular flexibility index (Phi) is 16.0. The molecule has 32 heteroatoms. The molecule has 0 aromatic heterocycles. The largest absolute Gasteiger partial charge is 0.457 e. The van der Waals surface area contributed by atoms with Gasteiger partial charge in [0.2, 0.25) is 0 Å². The Bertz CT molecular complexity index is 4000. The number of amides is 4. The molecule has 0 radical (unpaired) electrons. The quantitative estimate of drug-likeness (QED) is 0.0296. The summed E-state index contributed by atoms with van der Waals surface area (Å²) in [5.74, 6) is -18.0. The third kappa shape index (κ3) is 12.2. The summed E-state index contributed by atoms with van der Waals surface area (Å²) < 4.78 is 289. The first-order valence-electron chi connectivity index (χ1n) is 26.8. The lowest BCUT2D eigenvalue weighted by Crippen LogP contribution is -2.55. The number of para-hydroxylation sites is 4. The van der Waals surface area contributed by atoms with E-state index in [1.54, 1.807) is 0 Å². The highest BCUT2D eigenvalue weighted by atomic mass is 19.4. The Morgan fingerprint density at radius 1 is 0.319 bits per heavy atom. The number of hydrogen-bond donors (Lipinski definition) is 0. The van der Waals surface area contributed by atoms with Crippen LogP contribution in [0.4, 0.5) is 79.0 Å². The van der Waals surface area contributed by atoms with E-state index in [0.29, 0.717) is 24.3 Å². The monoisotopic (exact) mass is 1340 g/mol. The maximum Gasteiger partial charge on any atom is 0.434 e. The maximum atomic E-state index is 15.3. The average Bonchev–Trinajstić information content (AvgIpc) is 0.672. The van der Waals surface area contributed by atoms with Gasteiger partial charge in [-0.15, -0.1) is 0 Å². The van der Waals surface area contributed by atoms with Crippen LogP contribution in [-0.2, 0) is 19.1 Å². The van der Waals surface area contributed by atoms with Crippen LogP contribution >= 0.6 is 0 Å². The van der Waals surface area contributed by atoms with Crippen LogP contribution in [0.3, 0.4) is 0 Å². The van der Waals surface area contributed by atoms with Crippen LogP contribution in [0.5, 0.6) is 46.0 Å². The minimum atomic E-state index is -6.56. The van der Waals surface area contributed by atoms with E-state index in [9.17, 15) is 88.6 Å². The van der Waals surface area contributed by atoms with Gasteiger partial charge in [0.25, 0.3) is 35.8 Å². The van der Waals surface area contributed by atoms with Crippen molar-refractivity contribution in [2.45, 2.75) is 74.2 Å². The first-order chi connectivity index (χ1) is 43.9. The lowest BCUT2D eigenvalue weighted by molar-refractivity contribution is -0.315. The molecule has 0 saturated carbocycles. The molecule has 94 heavy (non-hydrogen) atoms. The van der Waals surface area contributed by atoms with Crippen molar-refractivity contribution in [3.8, 4) is 46.0 Å². The normalized spacial score (nSPS) is 14.8. The van der Waals surface area contributed by atoms with E-state index in [1.165, 1.54) is 121 Å². The third-order valence-electron chi connectivity index (χ3n) is 14.5. The predicted molar refractivity (Wildman–Crippen MR) is 288 cm³/mol. The molecule has 9 aromatic rings. The third-order valence-corrected chi connectivity index (χ3v) is 14.5. The fourth-order valence-electron chi connectivity index (χ4n) is 10.9. The van der Waals surface area contributed by atoms with Crippen molar-refractivity contribution < 1.29 is 136 Å². The Morgan fingerprint density at radius 2 is 0.532 bits per heavy atom. The van der Waals surface area contributed by atoms with Crippen molar-refractivity contribution in [2.75, 3.05) is 0 Å². The van der Waals surface area contributed by atoms with Crippen LogP contribution < -0.4 is 18.9 Å². The van der Waals surface area contributed by atoms with Gasteiger partial charge in [-0.25, -0.2) is 9.59 Å². The summed E-state index contributed by atoms with van der Waals surface area (Å²) in [4.78, 5) is 87.6. The van der Waals surface area contributed by atoms with Crippen LogP contribution in [0.2, 0.25) is 0 Å². The van der Waals surface area contributed by atoms with Gasteiger partial charge >= 0.3 is 49.0 Å². The highest BCUT2D eigenvalue weighted by Gasteiger charge is 2.63. The zero-order valence-corrected chi connectivity index (χ0v) is 46.2. The highest BCUT2D eigenvalue weighted by Crippen LogP contribution is 2.58. The van der Waals surface area contributed by atoms with E-state index in [2.05, 4.69) is 9.47 Å². The zero-order valence-electron chi connectivity index (χ0n) is 46.2. The number of imide groups is 2. The van der Waals surface area contributed by atoms with Gasteiger partial charge in [0.05, 0.1) is 35.1 Å². The number of hydrogen-bond acceptors (Lipinski definition) is 12. The van der Waals surface area contributed by atoms with Gasteiger partial charge in [-0.2, -0.15) is 79.0 Å². The molecule has 0 aliphatic carbocycles. The molecule has 0 fully saturated rings. The molecule has 2 heterocycles. The van der Waals surface area contributed by atoms with E-state index < -0.39 is 208 Å². The van der Waals surface area contributed by atoms with E-state index in [1.807, 2.05) is 0 Å². The fraction of sp³-hybridized carbons (Fsp3) is 0.194. The van der Waals surface area contributed by atoms with Gasteiger partial charge in [0, 0.05) is 43.1 Å². The van der Waals surface area contributed by atoms with E-state index in [0.717, 1.165) is 0 Å². The highest BCUT2D eigenvalue weighted by molar-refractivity contribution is 6.45. The van der Waals surface area contributed by atoms with Gasteiger partial charge in [0.15, 0.2) is 0 Å². The number of esters is 2. The van der Waals surface area contributed by atoms with Gasteiger partial charge < -0.3 is 28.4 Å². The van der Waals surface area contributed by atoms with Crippen molar-refractivity contribution in [3.63, 3.8) is 0 Å². The molecule has 14 nitrogen and oxygen atoms in total. The molecular weight excluding hydrogens is 1310 g/mol. The summed E-state index contributed by atoms with van der Waals surface area (Å²) in [6, 6.07) is 22.2.